The summed E-state index contributed by atoms with van der Waals surface area (Å²) in [7, 11) is -2.54. The first-order valence-electron chi connectivity index (χ1n) is 5.31. The van der Waals surface area contributed by atoms with Crippen molar-refractivity contribution < 1.29 is 8.42 Å². The molecule has 0 saturated heterocycles. The molecule has 0 saturated carbocycles. The summed E-state index contributed by atoms with van der Waals surface area (Å²) in [6, 6.07) is 14.1. The maximum atomic E-state index is 10.4. The Morgan fingerprint density at radius 2 is 1.44 bits per heavy atom. The third-order valence-corrected chi connectivity index (χ3v) is 3.01. The smallest absolute Gasteiger partial charge is 0.170 e. The fraction of sp³-hybridized carbons (Fsp3) is 0.0769. The fourth-order valence-corrected chi connectivity index (χ4v) is 1.71. The number of anilines is 2. The molecule has 0 radical (unpaired) electrons. The first-order chi connectivity index (χ1) is 8.50. The van der Waals surface area contributed by atoms with Crippen LogP contribution in [0.3, 0.4) is 0 Å². The Hall–Kier alpha value is -2.01. The molecule has 0 aliphatic carbocycles. The van der Waals surface area contributed by atoms with Crippen LogP contribution in [0.4, 0.5) is 11.4 Å². The Kier molecular flexibility index (Phi) is 5.20. The van der Waals surface area contributed by atoms with Crippen molar-refractivity contribution in [3.8, 4) is 0 Å². The topological polar surface area (TPSA) is 86.2 Å². The van der Waals surface area contributed by atoms with Gasteiger partial charge in [0.05, 0.1) is 10.6 Å². The van der Waals surface area contributed by atoms with Crippen LogP contribution in [0.5, 0.6) is 0 Å². The first-order valence-corrected chi connectivity index (χ1v) is 6.49. The summed E-state index contributed by atoms with van der Waals surface area (Å²) >= 11 is 0. The molecule has 0 spiro atoms. The average Bonchev–Trinajstić information content (AvgIpc) is 2.34. The number of para-hydroxylation sites is 1. The van der Waals surface area contributed by atoms with E-state index >= 15 is 0 Å². The third-order valence-electron chi connectivity index (χ3n) is 2.21. The molecule has 0 aliphatic rings. The summed E-state index contributed by atoms with van der Waals surface area (Å²) in [6.45, 7) is 2.04. The number of hydrogen-bond acceptors (Lipinski definition) is 4. The lowest BCUT2D eigenvalue weighted by Gasteiger charge is -1.93. The van der Waals surface area contributed by atoms with E-state index in [1.54, 1.807) is 18.2 Å². The largest absolute Gasteiger partial charge is 0.399 e. The van der Waals surface area contributed by atoms with Gasteiger partial charge in [0.15, 0.2) is 10.7 Å². The Morgan fingerprint density at radius 3 is 1.83 bits per heavy atom. The number of benzene rings is 2. The maximum Gasteiger partial charge on any atom is 0.170 e. The SMILES string of the molecule is Cc1ccc(N)cc1.Nc1ccccc1[SH](=O)=O. The molecule has 18 heavy (non-hydrogen) atoms. The van der Waals surface area contributed by atoms with Crippen molar-refractivity contribution in [3.63, 3.8) is 0 Å². The van der Waals surface area contributed by atoms with Crippen molar-refractivity contribution in [2.24, 2.45) is 0 Å². The molecule has 0 bridgehead atoms. The van der Waals surface area contributed by atoms with Gasteiger partial charge in [-0.1, -0.05) is 29.8 Å². The van der Waals surface area contributed by atoms with Crippen molar-refractivity contribution >= 4 is 22.1 Å². The fourth-order valence-electron chi connectivity index (χ4n) is 1.22. The van der Waals surface area contributed by atoms with Crippen molar-refractivity contribution in [1.29, 1.82) is 0 Å². The molecule has 0 unspecified atom stereocenters. The van der Waals surface area contributed by atoms with Gasteiger partial charge < -0.3 is 11.5 Å². The highest BCUT2D eigenvalue weighted by Crippen LogP contribution is 2.10. The molecule has 96 valence electrons. The first kappa shape index (κ1) is 14.1. The van der Waals surface area contributed by atoms with Crippen LogP contribution in [0, 0.1) is 6.92 Å². The highest BCUT2D eigenvalue weighted by Gasteiger charge is 1.96. The second kappa shape index (κ2) is 6.66. The number of hydrogen-bond donors (Lipinski definition) is 3. The van der Waals surface area contributed by atoms with E-state index in [4.69, 9.17) is 11.5 Å². The van der Waals surface area contributed by atoms with Gasteiger partial charge in [0.2, 0.25) is 0 Å². The molecule has 0 atom stereocenters. The quantitative estimate of drug-likeness (QED) is 0.541. The van der Waals surface area contributed by atoms with E-state index in [0.717, 1.165) is 5.69 Å². The molecule has 0 fully saturated rings. The third kappa shape index (κ3) is 4.47. The lowest BCUT2D eigenvalue weighted by molar-refractivity contribution is 0.615. The second-order valence-electron chi connectivity index (χ2n) is 3.73. The number of nitrogen functional groups attached to an aromatic ring is 2. The maximum absolute atomic E-state index is 10.4. The zero-order valence-corrected chi connectivity index (χ0v) is 10.9. The van der Waals surface area contributed by atoms with Crippen LogP contribution in [0.25, 0.3) is 0 Å². The molecule has 4 nitrogen and oxygen atoms in total. The minimum Gasteiger partial charge on any atom is -0.399 e. The van der Waals surface area contributed by atoms with Crippen LogP contribution in [-0.4, -0.2) is 8.42 Å². The van der Waals surface area contributed by atoms with Gasteiger partial charge in [-0.15, -0.1) is 0 Å². The van der Waals surface area contributed by atoms with E-state index in [0.29, 0.717) is 5.69 Å². The van der Waals surface area contributed by atoms with Gasteiger partial charge in [0.1, 0.15) is 0 Å². The molecule has 2 rings (SSSR count). The minimum absolute atomic E-state index is 0.192. The molecule has 0 aromatic heterocycles. The number of thiol groups is 1. The zero-order chi connectivity index (χ0) is 13.5. The zero-order valence-electron chi connectivity index (χ0n) is 10.0. The van der Waals surface area contributed by atoms with Gasteiger partial charge >= 0.3 is 0 Å². The van der Waals surface area contributed by atoms with E-state index in [1.165, 1.54) is 11.6 Å². The number of aryl methyl sites for hydroxylation is 1. The van der Waals surface area contributed by atoms with Crippen LogP contribution < -0.4 is 11.5 Å². The van der Waals surface area contributed by atoms with Crippen LogP contribution in [0.2, 0.25) is 0 Å². The Morgan fingerprint density at radius 1 is 0.889 bits per heavy atom. The van der Waals surface area contributed by atoms with Crippen molar-refractivity contribution in [2.75, 3.05) is 11.5 Å². The van der Waals surface area contributed by atoms with Crippen molar-refractivity contribution in [1.82, 2.24) is 0 Å². The predicted octanol–water partition coefficient (Wildman–Crippen LogP) is 1.82. The van der Waals surface area contributed by atoms with Gasteiger partial charge in [0.25, 0.3) is 0 Å². The van der Waals surface area contributed by atoms with Gasteiger partial charge in [-0.3, -0.25) is 0 Å². The Balaban J connectivity index is 0.000000184. The summed E-state index contributed by atoms with van der Waals surface area (Å²) < 4.78 is 20.8. The summed E-state index contributed by atoms with van der Waals surface area (Å²) in [6.07, 6.45) is 0. The van der Waals surface area contributed by atoms with E-state index in [9.17, 15) is 8.42 Å². The normalized spacial score (nSPS) is 9.67. The van der Waals surface area contributed by atoms with E-state index < -0.39 is 10.7 Å². The Bertz CT molecular complexity index is 549. The second-order valence-corrected chi connectivity index (χ2v) is 4.72. The molecule has 2 aromatic carbocycles. The predicted molar refractivity (Wildman–Crippen MR) is 75.0 cm³/mol. The standard InChI is InChI=1S/C7H9N.C6H7NO2S/c1-6-2-4-7(8)5-3-6;7-5-3-1-2-4-6(5)10(8)9/h2-5H,8H2,1H3;1-4,10H,7H2. The van der Waals surface area contributed by atoms with E-state index in [1.807, 2.05) is 31.2 Å². The molecule has 2 aromatic rings. The van der Waals surface area contributed by atoms with Crippen LogP contribution in [0.1, 0.15) is 5.56 Å². The van der Waals surface area contributed by atoms with Crippen LogP contribution >= 0.6 is 0 Å². The lowest BCUT2D eigenvalue weighted by atomic mass is 10.2. The van der Waals surface area contributed by atoms with Gasteiger partial charge in [-0.05, 0) is 31.2 Å². The average molecular weight is 264 g/mol. The molecule has 0 amide bonds. The highest BCUT2D eigenvalue weighted by atomic mass is 32.2. The summed E-state index contributed by atoms with van der Waals surface area (Å²) in [5.74, 6) is 0. The Labute approximate surface area is 108 Å². The highest BCUT2D eigenvalue weighted by molar-refractivity contribution is 7.72. The molecule has 0 heterocycles. The number of rotatable bonds is 1. The van der Waals surface area contributed by atoms with Crippen molar-refractivity contribution in [3.05, 3.63) is 54.1 Å². The monoisotopic (exact) mass is 264 g/mol. The van der Waals surface area contributed by atoms with Crippen LogP contribution in [-0.2, 0) is 10.7 Å². The van der Waals surface area contributed by atoms with Gasteiger partial charge in [0, 0.05) is 5.69 Å². The van der Waals surface area contributed by atoms with E-state index in [-0.39, 0.29) is 4.90 Å². The van der Waals surface area contributed by atoms with E-state index in [2.05, 4.69) is 0 Å². The van der Waals surface area contributed by atoms with Crippen molar-refractivity contribution in [2.45, 2.75) is 11.8 Å². The summed E-state index contributed by atoms with van der Waals surface area (Å²) in [5, 5.41) is 0. The molecular weight excluding hydrogens is 248 g/mol. The molecule has 4 N–H and O–H groups in total. The number of nitrogens with two attached hydrogens (primary N) is 2. The molecular formula is C13H16N2O2S. The lowest BCUT2D eigenvalue weighted by Crippen LogP contribution is -1.90. The van der Waals surface area contributed by atoms with Gasteiger partial charge in [-0.25, -0.2) is 8.42 Å². The minimum atomic E-state index is -2.54. The summed E-state index contributed by atoms with van der Waals surface area (Å²) in [5.41, 5.74) is 13.1. The molecule has 0 aliphatic heterocycles. The van der Waals surface area contributed by atoms with Gasteiger partial charge in [-0.2, -0.15) is 0 Å². The van der Waals surface area contributed by atoms with Crippen LogP contribution in [0.15, 0.2) is 53.4 Å². The molecule has 5 heteroatoms. The summed E-state index contributed by atoms with van der Waals surface area (Å²) in [4.78, 5) is 0.192.